The molecule has 2 heterocycles. The van der Waals surface area contributed by atoms with E-state index in [0.29, 0.717) is 21.9 Å². The molecule has 0 fully saturated rings. The molecule has 0 spiro atoms. The van der Waals surface area contributed by atoms with Crippen molar-refractivity contribution in [3.05, 3.63) is 29.0 Å². The van der Waals surface area contributed by atoms with Crippen LogP contribution in [0.3, 0.4) is 0 Å². The van der Waals surface area contributed by atoms with Crippen LogP contribution in [0.1, 0.15) is 26.5 Å². The quantitative estimate of drug-likeness (QED) is 0.862. The number of pyridine rings is 1. The molecule has 0 aromatic carbocycles. The van der Waals surface area contributed by atoms with Crippen LogP contribution in [0.5, 0.6) is 0 Å². The lowest BCUT2D eigenvalue weighted by molar-refractivity contribution is 0.0523. The lowest BCUT2D eigenvalue weighted by atomic mass is 10.2. The molecule has 6 nitrogen and oxygen atoms in total. The van der Waals surface area contributed by atoms with Gasteiger partial charge in [-0.3, -0.25) is 0 Å². The van der Waals surface area contributed by atoms with Gasteiger partial charge in [0.25, 0.3) is 0 Å². The largest absolute Gasteiger partial charge is 0.444 e. The molecule has 0 saturated heterocycles. The van der Waals surface area contributed by atoms with E-state index < -0.39 is 11.7 Å². The zero-order valence-electron chi connectivity index (χ0n) is 11.5. The molecule has 2 aromatic heterocycles. The zero-order chi connectivity index (χ0) is 14.8. The first-order valence-corrected chi connectivity index (χ1v) is 6.47. The van der Waals surface area contributed by atoms with Crippen LogP contribution in [0, 0.1) is 0 Å². The van der Waals surface area contributed by atoms with Gasteiger partial charge in [-0.1, -0.05) is 11.6 Å². The van der Waals surface area contributed by atoms with Crippen molar-refractivity contribution >= 4 is 28.7 Å². The summed E-state index contributed by atoms with van der Waals surface area (Å²) in [6.07, 6.45) is -0.501. The third kappa shape index (κ3) is 4.03. The minimum absolute atomic E-state index is 0.214. The first kappa shape index (κ1) is 14.5. The van der Waals surface area contributed by atoms with Crippen molar-refractivity contribution in [2.24, 2.45) is 0 Å². The fourth-order valence-electron chi connectivity index (χ4n) is 1.50. The smallest absolute Gasteiger partial charge is 0.407 e. The summed E-state index contributed by atoms with van der Waals surface area (Å²) in [5.74, 6) is 0. The summed E-state index contributed by atoms with van der Waals surface area (Å²) in [7, 11) is 0. The molecule has 7 heteroatoms. The average Bonchev–Trinajstić information content (AvgIpc) is 2.33. The Morgan fingerprint density at radius 1 is 1.30 bits per heavy atom. The summed E-state index contributed by atoms with van der Waals surface area (Å²) in [5.41, 5.74) is 1.33. The number of ether oxygens (including phenoxy) is 1. The van der Waals surface area contributed by atoms with Crippen molar-refractivity contribution in [2.45, 2.75) is 32.9 Å². The molecule has 0 radical (unpaired) electrons. The first-order valence-electron chi connectivity index (χ1n) is 6.09. The number of nitrogens with one attached hydrogen (secondary N) is 1. The van der Waals surface area contributed by atoms with Crippen LogP contribution in [0.2, 0.25) is 5.15 Å². The number of carbonyl (C=O) groups is 1. The van der Waals surface area contributed by atoms with Crippen LogP contribution < -0.4 is 5.32 Å². The Kier molecular flexibility index (Phi) is 4.04. The normalized spacial score (nSPS) is 11.4. The van der Waals surface area contributed by atoms with E-state index in [9.17, 15) is 4.79 Å². The second-order valence-electron chi connectivity index (χ2n) is 5.23. The molecular weight excluding hydrogens is 280 g/mol. The van der Waals surface area contributed by atoms with E-state index in [2.05, 4.69) is 20.5 Å². The molecule has 0 aliphatic rings. The van der Waals surface area contributed by atoms with Crippen molar-refractivity contribution in [3.63, 3.8) is 0 Å². The number of amides is 1. The van der Waals surface area contributed by atoms with Crippen LogP contribution >= 0.6 is 11.6 Å². The van der Waals surface area contributed by atoms with Gasteiger partial charge in [0, 0.05) is 0 Å². The standard InChI is InChI=1S/C13H15ClN4O2/c1-13(2,3)20-12(19)15-7-8-6-10-9(18-17-8)4-5-11(14)16-10/h4-6H,7H2,1-3H3,(H,15,19). The molecule has 0 aliphatic carbocycles. The topological polar surface area (TPSA) is 77.0 Å². The van der Waals surface area contributed by atoms with Crippen molar-refractivity contribution in [2.75, 3.05) is 0 Å². The summed E-state index contributed by atoms with van der Waals surface area (Å²) in [6, 6.07) is 5.12. The van der Waals surface area contributed by atoms with E-state index in [4.69, 9.17) is 16.3 Å². The Labute approximate surface area is 121 Å². The van der Waals surface area contributed by atoms with Gasteiger partial charge in [0.05, 0.1) is 17.8 Å². The maximum Gasteiger partial charge on any atom is 0.407 e. The van der Waals surface area contributed by atoms with Gasteiger partial charge in [-0.25, -0.2) is 9.78 Å². The number of hydrogen-bond acceptors (Lipinski definition) is 5. The Balaban J connectivity index is 2.05. The Hall–Kier alpha value is -1.95. The summed E-state index contributed by atoms with van der Waals surface area (Å²) in [5, 5.41) is 11.0. The number of rotatable bonds is 2. The molecular formula is C13H15ClN4O2. The maximum absolute atomic E-state index is 11.5. The fourth-order valence-corrected chi connectivity index (χ4v) is 1.66. The molecule has 0 atom stereocenters. The minimum atomic E-state index is -0.534. The summed E-state index contributed by atoms with van der Waals surface area (Å²) in [4.78, 5) is 15.7. The fraction of sp³-hybridized carbons (Fsp3) is 0.385. The van der Waals surface area contributed by atoms with Crippen molar-refractivity contribution in [1.82, 2.24) is 20.5 Å². The molecule has 0 aliphatic heterocycles. The highest BCUT2D eigenvalue weighted by Crippen LogP contribution is 2.13. The van der Waals surface area contributed by atoms with Crippen LogP contribution in [-0.4, -0.2) is 26.9 Å². The predicted molar refractivity (Wildman–Crippen MR) is 75.4 cm³/mol. The summed E-state index contributed by atoms with van der Waals surface area (Å²) in [6.45, 7) is 5.61. The molecule has 2 aromatic rings. The lowest BCUT2D eigenvalue weighted by Gasteiger charge is -2.19. The van der Waals surface area contributed by atoms with E-state index in [1.54, 1.807) is 39.0 Å². The Morgan fingerprint density at radius 2 is 2.05 bits per heavy atom. The third-order valence-corrected chi connectivity index (χ3v) is 2.48. The van der Waals surface area contributed by atoms with Gasteiger partial charge in [0.15, 0.2) is 0 Å². The number of halogens is 1. The molecule has 20 heavy (non-hydrogen) atoms. The highest BCUT2D eigenvalue weighted by molar-refractivity contribution is 6.29. The van der Waals surface area contributed by atoms with Crippen molar-refractivity contribution < 1.29 is 9.53 Å². The van der Waals surface area contributed by atoms with Gasteiger partial charge in [-0.05, 0) is 39.0 Å². The lowest BCUT2D eigenvalue weighted by Crippen LogP contribution is -2.32. The number of alkyl carbamates (subject to hydrolysis) is 1. The van der Waals surface area contributed by atoms with Gasteiger partial charge in [-0.15, -0.1) is 5.10 Å². The second kappa shape index (κ2) is 5.58. The van der Waals surface area contributed by atoms with Gasteiger partial charge in [0.2, 0.25) is 0 Å². The Morgan fingerprint density at radius 3 is 2.75 bits per heavy atom. The number of nitrogens with zero attached hydrogens (tertiary/aromatic N) is 3. The number of aromatic nitrogens is 3. The second-order valence-corrected chi connectivity index (χ2v) is 5.62. The number of fused-ring (bicyclic) bond motifs is 1. The minimum Gasteiger partial charge on any atom is -0.444 e. The molecule has 106 valence electrons. The van der Waals surface area contributed by atoms with Crippen LogP contribution in [-0.2, 0) is 11.3 Å². The highest BCUT2D eigenvalue weighted by Gasteiger charge is 2.15. The van der Waals surface area contributed by atoms with Crippen LogP contribution in [0.15, 0.2) is 18.2 Å². The number of hydrogen-bond donors (Lipinski definition) is 1. The van der Waals surface area contributed by atoms with E-state index in [1.165, 1.54) is 0 Å². The summed E-state index contributed by atoms with van der Waals surface area (Å²) < 4.78 is 5.13. The van der Waals surface area contributed by atoms with E-state index in [0.717, 1.165) is 0 Å². The van der Waals surface area contributed by atoms with Gasteiger partial charge < -0.3 is 10.1 Å². The highest BCUT2D eigenvalue weighted by atomic mass is 35.5. The van der Waals surface area contributed by atoms with Crippen LogP contribution in [0.4, 0.5) is 4.79 Å². The molecule has 2 rings (SSSR count). The molecule has 0 saturated carbocycles. The van der Waals surface area contributed by atoms with E-state index >= 15 is 0 Å². The third-order valence-electron chi connectivity index (χ3n) is 2.27. The summed E-state index contributed by atoms with van der Waals surface area (Å²) >= 11 is 5.82. The van der Waals surface area contributed by atoms with Gasteiger partial charge in [0.1, 0.15) is 16.3 Å². The van der Waals surface area contributed by atoms with Crippen molar-refractivity contribution in [1.29, 1.82) is 0 Å². The van der Waals surface area contributed by atoms with E-state index in [-0.39, 0.29) is 6.54 Å². The molecule has 1 amide bonds. The van der Waals surface area contributed by atoms with Gasteiger partial charge in [-0.2, -0.15) is 5.10 Å². The zero-order valence-corrected chi connectivity index (χ0v) is 12.2. The number of carbonyl (C=O) groups excluding carboxylic acids is 1. The van der Waals surface area contributed by atoms with Gasteiger partial charge >= 0.3 is 6.09 Å². The predicted octanol–water partition coefficient (Wildman–Crippen LogP) is 2.70. The average molecular weight is 295 g/mol. The molecule has 1 N–H and O–H groups in total. The van der Waals surface area contributed by atoms with Crippen molar-refractivity contribution in [3.8, 4) is 0 Å². The van der Waals surface area contributed by atoms with Crippen LogP contribution in [0.25, 0.3) is 11.0 Å². The van der Waals surface area contributed by atoms with E-state index in [1.807, 2.05) is 0 Å². The molecule has 0 bridgehead atoms. The maximum atomic E-state index is 11.5. The molecule has 0 unspecified atom stereocenters. The monoisotopic (exact) mass is 294 g/mol. The first-order chi connectivity index (χ1) is 9.33. The Bertz CT molecular complexity index is 640. The SMILES string of the molecule is CC(C)(C)OC(=O)NCc1cc2nc(Cl)ccc2nn1.